The van der Waals surface area contributed by atoms with E-state index >= 15 is 0 Å². The Balaban J connectivity index is 1.03. The lowest BCUT2D eigenvalue weighted by atomic mass is 9.47. The molecule has 3 fully saturated rings. The molecule has 1 aromatic heterocycles. The van der Waals surface area contributed by atoms with Gasteiger partial charge in [-0.2, -0.15) is 0 Å². The second-order valence-corrected chi connectivity index (χ2v) is 15.6. The number of aromatic nitrogens is 1. The highest BCUT2D eigenvalue weighted by Gasteiger charge is 2.59. The van der Waals surface area contributed by atoms with Crippen molar-refractivity contribution in [3.05, 3.63) is 47.7 Å². The van der Waals surface area contributed by atoms with Crippen LogP contribution in [0.4, 0.5) is 4.79 Å². The van der Waals surface area contributed by atoms with Crippen LogP contribution in [0.2, 0.25) is 0 Å². The molecule has 4 heteroatoms. The highest BCUT2D eigenvalue weighted by Crippen LogP contribution is 2.67. The van der Waals surface area contributed by atoms with Gasteiger partial charge in [-0.1, -0.05) is 83.7 Å². The number of H-pyrrole nitrogens is 1. The number of amides is 1. The number of nitrogens with one attached hydrogen (secondary N) is 2. The zero-order valence-corrected chi connectivity index (χ0v) is 27.0. The van der Waals surface area contributed by atoms with Crippen molar-refractivity contribution in [1.29, 1.82) is 0 Å². The molecule has 42 heavy (non-hydrogen) atoms. The van der Waals surface area contributed by atoms with Gasteiger partial charge in [0.2, 0.25) is 0 Å². The van der Waals surface area contributed by atoms with E-state index in [0.29, 0.717) is 12.0 Å². The molecule has 0 aliphatic heterocycles. The van der Waals surface area contributed by atoms with Gasteiger partial charge < -0.3 is 15.0 Å². The van der Waals surface area contributed by atoms with Crippen molar-refractivity contribution in [2.45, 2.75) is 118 Å². The smallest absolute Gasteiger partial charge is 0.407 e. The van der Waals surface area contributed by atoms with Crippen LogP contribution in [0, 0.1) is 46.3 Å². The van der Waals surface area contributed by atoms with Crippen LogP contribution in [-0.4, -0.2) is 23.7 Å². The summed E-state index contributed by atoms with van der Waals surface area (Å²) in [7, 11) is 0. The first-order chi connectivity index (χ1) is 20.2. The molecule has 0 saturated heterocycles. The zero-order valence-electron chi connectivity index (χ0n) is 27.0. The topological polar surface area (TPSA) is 54.1 Å². The van der Waals surface area contributed by atoms with Gasteiger partial charge >= 0.3 is 6.09 Å². The number of fused-ring (bicyclic) bond motifs is 6. The Hall–Kier alpha value is -2.23. The summed E-state index contributed by atoms with van der Waals surface area (Å²) in [6, 6.07) is 8.33. The Bertz CT molecular complexity index is 1280. The molecule has 0 bridgehead atoms. The number of rotatable bonds is 9. The molecular formula is C38H56N2O2. The second-order valence-electron chi connectivity index (χ2n) is 15.6. The van der Waals surface area contributed by atoms with Gasteiger partial charge in [0, 0.05) is 30.1 Å². The Morgan fingerprint density at radius 1 is 1.05 bits per heavy atom. The molecule has 1 heterocycles. The van der Waals surface area contributed by atoms with E-state index in [1.54, 1.807) is 5.57 Å². The number of para-hydroxylation sites is 1. The molecule has 0 spiro atoms. The van der Waals surface area contributed by atoms with Crippen LogP contribution in [0.25, 0.3) is 10.9 Å². The van der Waals surface area contributed by atoms with Gasteiger partial charge in [0.15, 0.2) is 0 Å². The molecular weight excluding hydrogens is 516 g/mol. The minimum absolute atomic E-state index is 0.00497. The fraction of sp³-hybridized carbons (Fsp3) is 0.711. The standard InChI is InChI=1S/C38H56N2O2/c1-25(2)9-8-10-26(3)32-15-16-33-31-14-13-28-23-29(17-20-37(28,4)34(31)18-21-38(32,33)5)42-36(41)39-22-19-27-24-40-35-12-7-6-11-30(27)35/h6-7,11-13,24-26,29,31-34,40H,8-10,14-23H2,1-5H3,(H,39,41)/t26-,29+,31+,32?,33?,34+,37+,38-/m1/s1. The van der Waals surface area contributed by atoms with Crippen molar-refractivity contribution in [3.8, 4) is 0 Å². The van der Waals surface area contributed by atoms with Gasteiger partial charge in [-0.15, -0.1) is 0 Å². The fourth-order valence-electron chi connectivity index (χ4n) is 10.6. The van der Waals surface area contributed by atoms with Crippen molar-refractivity contribution in [2.24, 2.45) is 46.3 Å². The first-order valence-corrected chi connectivity index (χ1v) is 17.4. The van der Waals surface area contributed by atoms with E-state index in [1.807, 2.05) is 6.07 Å². The third-order valence-corrected chi connectivity index (χ3v) is 12.9. The summed E-state index contributed by atoms with van der Waals surface area (Å²) in [6.45, 7) is 13.2. The molecule has 4 nitrogen and oxygen atoms in total. The van der Waals surface area contributed by atoms with Gasteiger partial charge in [-0.05, 0) is 109 Å². The van der Waals surface area contributed by atoms with Crippen molar-refractivity contribution in [3.63, 3.8) is 0 Å². The van der Waals surface area contributed by atoms with E-state index in [9.17, 15) is 4.79 Å². The van der Waals surface area contributed by atoms with Crippen molar-refractivity contribution >= 4 is 17.0 Å². The molecule has 3 saturated carbocycles. The summed E-state index contributed by atoms with van der Waals surface area (Å²) in [4.78, 5) is 16.1. The summed E-state index contributed by atoms with van der Waals surface area (Å²) >= 11 is 0. The molecule has 1 amide bonds. The molecule has 8 atom stereocenters. The molecule has 4 aliphatic carbocycles. The zero-order chi connectivity index (χ0) is 29.5. The monoisotopic (exact) mass is 572 g/mol. The summed E-state index contributed by atoms with van der Waals surface area (Å²) in [5.74, 6) is 5.14. The number of alkyl carbamates (subject to hydrolysis) is 1. The number of benzene rings is 1. The normalized spacial score (nSPS) is 34.8. The number of hydrogen-bond donors (Lipinski definition) is 2. The summed E-state index contributed by atoms with van der Waals surface area (Å²) in [6.07, 6.45) is 19.4. The van der Waals surface area contributed by atoms with E-state index in [2.05, 4.69) is 75.4 Å². The van der Waals surface area contributed by atoms with Gasteiger partial charge in [0.05, 0.1) is 0 Å². The summed E-state index contributed by atoms with van der Waals surface area (Å²) in [5.41, 5.74) is 4.79. The molecule has 2 N–H and O–H groups in total. The SMILES string of the molecule is CC(C)CCC[C@@H](C)C1CCC2[C@@H]3CC=C4C[C@@H](OC(=O)NCCc5c[nH]c6ccccc56)CC[C@]4(C)[C@H]3CC[C@]12C. The van der Waals surface area contributed by atoms with Crippen LogP contribution in [0.1, 0.15) is 111 Å². The molecule has 4 aliphatic rings. The van der Waals surface area contributed by atoms with E-state index in [-0.39, 0.29) is 17.6 Å². The number of ether oxygens (including phenoxy) is 1. The Morgan fingerprint density at radius 3 is 2.71 bits per heavy atom. The van der Waals surface area contributed by atoms with Crippen LogP contribution in [0.5, 0.6) is 0 Å². The Morgan fingerprint density at radius 2 is 1.88 bits per heavy atom. The number of carbonyl (C=O) groups excluding carboxylic acids is 1. The Kier molecular flexibility index (Phi) is 8.55. The van der Waals surface area contributed by atoms with Gasteiger partial charge in [0.25, 0.3) is 0 Å². The minimum atomic E-state index is -0.259. The maximum Gasteiger partial charge on any atom is 0.407 e. The van der Waals surface area contributed by atoms with Crippen LogP contribution in [0.15, 0.2) is 42.1 Å². The van der Waals surface area contributed by atoms with Gasteiger partial charge in [-0.3, -0.25) is 0 Å². The first kappa shape index (κ1) is 29.8. The molecule has 2 unspecified atom stereocenters. The minimum Gasteiger partial charge on any atom is -0.446 e. The Labute approximate surface area is 254 Å². The molecule has 230 valence electrons. The van der Waals surface area contributed by atoms with Crippen molar-refractivity contribution in [1.82, 2.24) is 10.3 Å². The largest absolute Gasteiger partial charge is 0.446 e. The van der Waals surface area contributed by atoms with Gasteiger partial charge in [-0.25, -0.2) is 4.79 Å². The van der Waals surface area contributed by atoms with E-state index in [4.69, 9.17) is 4.74 Å². The van der Waals surface area contributed by atoms with Crippen molar-refractivity contribution in [2.75, 3.05) is 6.54 Å². The lowest BCUT2D eigenvalue weighted by Crippen LogP contribution is -2.51. The number of aromatic amines is 1. The van der Waals surface area contributed by atoms with E-state index < -0.39 is 0 Å². The van der Waals surface area contributed by atoms with E-state index in [0.717, 1.165) is 66.7 Å². The van der Waals surface area contributed by atoms with Crippen LogP contribution in [0.3, 0.4) is 0 Å². The van der Waals surface area contributed by atoms with Crippen LogP contribution in [-0.2, 0) is 11.2 Å². The maximum absolute atomic E-state index is 12.8. The third-order valence-electron chi connectivity index (χ3n) is 12.9. The van der Waals surface area contributed by atoms with Gasteiger partial charge in [0.1, 0.15) is 6.10 Å². The second kappa shape index (κ2) is 12.0. The maximum atomic E-state index is 12.8. The number of carbonyl (C=O) groups is 1. The quantitative estimate of drug-likeness (QED) is 0.294. The molecule has 2 aromatic rings. The summed E-state index contributed by atoms with van der Waals surface area (Å²) in [5, 5.41) is 4.26. The summed E-state index contributed by atoms with van der Waals surface area (Å²) < 4.78 is 6.00. The highest BCUT2D eigenvalue weighted by molar-refractivity contribution is 5.83. The molecule has 0 radical (unpaired) electrons. The third kappa shape index (κ3) is 5.57. The number of hydrogen-bond acceptors (Lipinski definition) is 2. The number of allylic oxidation sites excluding steroid dienone is 1. The average Bonchev–Trinajstić information content (AvgIpc) is 3.54. The molecule has 6 rings (SSSR count). The van der Waals surface area contributed by atoms with Crippen LogP contribution >= 0.6 is 0 Å². The van der Waals surface area contributed by atoms with Crippen molar-refractivity contribution < 1.29 is 9.53 Å². The first-order valence-electron chi connectivity index (χ1n) is 17.4. The fourth-order valence-corrected chi connectivity index (χ4v) is 10.6. The lowest BCUT2D eigenvalue weighted by molar-refractivity contribution is -0.0581. The van der Waals surface area contributed by atoms with E-state index in [1.165, 1.54) is 62.3 Å². The molecule has 1 aromatic carbocycles. The highest BCUT2D eigenvalue weighted by atomic mass is 16.6. The predicted octanol–water partition coefficient (Wildman–Crippen LogP) is 9.85. The van der Waals surface area contributed by atoms with Crippen LogP contribution < -0.4 is 5.32 Å². The predicted molar refractivity (Wildman–Crippen MR) is 173 cm³/mol. The average molecular weight is 573 g/mol. The lowest BCUT2D eigenvalue weighted by Gasteiger charge is -2.58.